The molecule has 0 unspecified atom stereocenters. The Morgan fingerprint density at radius 3 is 2.67 bits per heavy atom. The summed E-state index contributed by atoms with van der Waals surface area (Å²) in [5.41, 5.74) is 1.32. The Hall–Kier alpha value is -1.39. The highest BCUT2D eigenvalue weighted by atomic mass is 16.1. The van der Waals surface area contributed by atoms with Crippen molar-refractivity contribution in [1.29, 1.82) is 0 Å². The number of carbonyl (C=O) groups is 1. The Balaban J connectivity index is 2.10. The van der Waals surface area contributed by atoms with Gasteiger partial charge in [-0.3, -0.25) is 4.79 Å². The molecule has 4 heteroatoms. The number of amides is 1. The van der Waals surface area contributed by atoms with Gasteiger partial charge in [-0.05, 0) is 32.6 Å². The van der Waals surface area contributed by atoms with Crippen LogP contribution in [0.3, 0.4) is 0 Å². The van der Waals surface area contributed by atoms with Gasteiger partial charge in [0.05, 0.1) is 6.54 Å². The summed E-state index contributed by atoms with van der Waals surface area (Å²) in [6.07, 6.45) is 0.971. The number of benzene rings is 1. The molecule has 0 spiro atoms. The van der Waals surface area contributed by atoms with Crippen molar-refractivity contribution < 1.29 is 4.79 Å². The molecule has 0 atom stereocenters. The Kier molecular flexibility index (Phi) is 7.06. The molecule has 0 saturated carbocycles. The summed E-state index contributed by atoms with van der Waals surface area (Å²) in [6.45, 7) is 3.06. The molecular weight excluding hydrogens is 226 g/mol. The quantitative estimate of drug-likeness (QED) is 0.671. The van der Waals surface area contributed by atoms with Gasteiger partial charge in [0.1, 0.15) is 0 Å². The molecule has 0 fully saturated rings. The van der Waals surface area contributed by atoms with Crippen molar-refractivity contribution in [1.82, 2.24) is 15.5 Å². The van der Waals surface area contributed by atoms with E-state index in [0.717, 1.165) is 26.1 Å². The fourth-order valence-electron chi connectivity index (χ4n) is 1.77. The number of nitrogens with one attached hydrogen (secondary N) is 2. The molecule has 0 aliphatic heterocycles. The van der Waals surface area contributed by atoms with E-state index in [1.807, 2.05) is 6.07 Å². The van der Waals surface area contributed by atoms with Crippen LogP contribution in [0.4, 0.5) is 0 Å². The molecule has 0 aromatic heterocycles. The lowest BCUT2D eigenvalue weighted by Crippen LogP contribution is -2.34. The highest BCUT2D eigenvalue weighted by Gasteiger charge is 2.01. The third-order valence-electron chi connectivity index (χ3n) is 2.67. The zero-order valence-electron chi connectivity index (χ0n) is 11.3. The van der Waals surface area contributed by atoms with E-state index in [2.05, 4.69) is 46.8 Å². The van der Waals surface area contributed by atoms with Gasteiger partial charge in [0.25, 0.3) is 0 Å². The molecule has 1 aromatic carbocycles. The lowest BCUT2D eigenvalue weighted by atomic mass is 10.2. The van der Waals surface area contributed by atoms with Crippen molar-refractivity contribution in [2.45, 2.75) is 13.0 Å². The summed E-state index contributed by atoms with van der Waals surface area (Å²) in [6, 6.07) is 10.4. The van der Waals surface area contributed by atoms with Crippen molar-refractivity contribution in [3.8, 4) is 0 Å². The summed E-state index contributed by atoms with van der Waals surface area (Å²) < 4.78 is 0. The summed E-state index contributed by atoms with van der Waals surface area (Å²) in [5.74, 6) is 0.0585. The number of hydrogen-bond donors (Lipinski definition) is 2. The van der Waals surface area contributed by atoms with Gasteiger partial charge in [0, 0.05) is 13.1 Å². The lowest BCUT2D eigenvalue weighted by molar-refractivity contribution is -0.120. The van der Waals surface area contributed by atoms with Crippen LogP contribution in [0.1, 0.15) is 12.0 Å². The molecule has 18 heavy (non-hydrogen) atoms. The standard InChI is InChI=1S/C14H23N3O/c1-15-11-14(18)16-9-6-10-17(2)12-13-7-4-3-5-8-13/h3-5,7-8,15H,6,9-12H2,1-2H3,(H,16,18). The van der Waals surface area contributed by atoms with E-state index in [0.29, 0.717) is 6.54 Å². The van der Waals surface area contributed by atoms with Gasteiger partial charge in [-0.15, -0.1) is 0 Å². The summed E-state index contributed by atoms with van der Waals surface area (Å²) in [5, 5.41) is 5.70. The van der Waals surface area contributed by atoms with E-state index in [-0.39, 0.29) is 5.91 Å². The number of nitrogens with zero attached hydrogens (tertiary/aromatic N) is 1. The summed E-state index contributed by atoms with van der Waals surface area (Å²) in [7, 11) is 3.87. The molecule has 1 amide bonds. The highest BCUT2D eigenvalue weighted by molar-refractivity contribution is 5.77. The highest BCUT2D eigenvalue weighted by Crippen LogP contribution is 2.02. The fourth-order valence-corrected chi connectivity index (χ4v) is 1.77. The molecule has 0 bridgehead atoms. The Bertz CT molecular complexity index is 340. The summed E-state index contributed by atoms with van der Waals surface area (Å²) in [4.78, 5) is 13.5. The second-order valence-electron chi connectivity index (χ2n) is 4.46. The first-order valence-corrected chi connectivity index (χ1v) is 6.36. The first-order chi connectivity index (χ1) is 8.72. The smallest absolute Gasteiger partial charge is 0.233 e. The first-order valence-electron chi connectivity index (χ1n) is 6.36. The van der Waals surface area contributed by atoms with Crippen LogP contribution < -0.4 is 10.6 Å². The number of rotatable bonds is 8. The molecule has 4 nitrogen and oxygen atoms in total. The Morgan fingerprint density at radius 1 is 1.28 bits per heavy atom. The van der Waals surface area contributed by atoms with E-state index >= 15 is 0 Å². The van der Waals surface area contributed by atoms with Crippen LogP contribution in [0.2, 0.25) is 0 Å². The van der Waals surface area contributed by atoms with Crippen LogP contribution in [0.5, 0.6) is 0 Å². The van der Waals surface area contributed by atoms with Gasteiger partial charge in [-0.25, -0.2) is 0 Å². The van der Waals surface area contributed by atoms with Crippen molar-refractivity contribution in [2.24, 2.45) is 0 Å². The third-order valence-corrected chi connectivity index (χ3v) is 2.67. The average molecular weight is 249 g/mol. The minimum Gasteiger partial charge on any atom is -0.355 e. The summed E-state index contributed by atoms with van der Waals surface area (Å²) >= 11 is 0. The molecule has 0 aliphatic carbocycles. The minimum atomic E-state index is 0.0585. The van der Waals surface area contributed by atoms with Crippen molar-refractivity contribution >= 4 is 5.91 Å². The SMILES string of the molecule is CNCC(=O)NCCCN(C)Cc1ccccc1. The van der Waals surface area contributed by atoms with Gasteiger partial charge >= 0.3 is 0 Å². The molecule has 1 aromatic rings. The lowest BCUT2D eigenvalue weighted by Gasteiger charge is -2.16. The molecule has 0 radical (unpaired) electrons. The van der Waals surface area contributed by atoms with E-state index in [1.54, 1.807) is 7.05 Å². The van der Waals surface area contributed by atoms with Crippen LogP contribution in [-0.4, -0.2) is 44.5 Å². The monoisotopic (exact) mass is 249 g/mol. The molecule has 0 heterocycles. The predicted molar refractivity (Wildman–Crippen MR) is 74.3 cm³/mol. The second kappa shape index (κ2) is 8.66. The molecular formula is C14H23N3O. The van der Waals surface area contributed by atoms with Gasteiger partial charge < -0.3 is 15.5 Å². The molecule has 0 saturated heterocycles. The van der Waals surface area contributed by atoms with Gasteiger partial charge in [-0.2, -0.15) is 0 Å². The molecule has 1 rings (SSSR count). The third kappa shape index (κ3) is 6.37. The fraction of sp³-hybridized carbons (Fsp3) is 0.500. The second-order valence-corrected chi connectivity index (χ2v) is 4.46. The zero-order chi connectivity index (χ0) is 13.2. The van der Waals surface area contributed by atoms with Crippen LogP contribution in [0.25, 0.3) is 0 Å². The zero-order valence-corrected chi connectivity index (χ0v) is 11.3. The van der Waals surface area contributed by atoms with Crippen molar-refractivity contribution in [3.63, 3.8) is 0 Å². The maximum Gasteiger partial charge on any atom is 0.233 e. The maximum atomic E-state index is 11.2. The number of carbonyl (C=O) groups excluding carboxylic acids is 1. The largest absolute Gasteiger partial charge is 0.355 e. The topological polar surface area (TPSA) is 44.4 Å². The maximum absolute atomic E-state index is 11.2. The molecule has 100 valence electrons. The Morgan fingerprint density at radius 2 is 2.00 bits per heavy atom. The normalized spacial score (nSPS) is 10.6. The van der Waals surface area contributed by atoms with Crippen molar-refractivity contribution in [3.05, 3.63) is 35.9 Å². The number of hydrogen-bond acceptors (Lipinski definition) is 3. The van der Waals surface area contributed by atoms with E-state index < -0.39 is 0 Å². The van der Waals surface area contributed by atoms with E-state index in [4.69, 9.17) is 0 Å². The van der Waals surface area contributed by atoms with E-state index in [9.17, 15) is 4.79 Å². The van der Waals surface area contributed by atoms with Crippen LogP contribution in [-0.2, 0) is 11.3 Å². The minimum absolute atomic E-state index is 0.0585. The Labute approximate surface area is 109 Å². The van der Waals surface area contributed by atoms with Gasteiger partial charge in [-0.1, -0.05) is 30.3 Å². The van der Waals surface area contributed by atoms with Crippen LogP contribution in [0, 0.1) is 0 Å². The average Bonchev–Trinajstić information content (AvgIpc) is 2.36. The van der Waals surface area contributed by atoms with Crippen molar-refractivity contribution in [2.75, 3.05) is 33.7 Å². The van der Waals surface area contributed by atoms with Crippen LogP contribution in [0.15, 0.2) is 30.3 Å². The number of likely N-dealkylation sites (N-methyl/N-ethyl adjacent to an activating group) is 1. The van der Waals surface area contributed by atoms with E-state index in [1.165, 1.54) is 5.56 Å². The first kappa shape index (κ1) is 14.7. The van der Waals surface area contributed by atoms with Gasteiger partial charge in [0.2, 0.25) is 5.91 Å². The molecule has 0 aliphatic rings. The molecule has 2 N–H and O–H groups in total. The van der Waals surface area contributed by atoms with Gasteiger partial charge in [0.15, 0.2) is 0 Å². The van der Waals surface area contributed by atoms with Crippen LogP contribution >= 0.6 is 0 Å². The predicted octanol–water partition coefficient (Wildman–Crippen LogP) is 0.844.